The second kappa shape index (κ2) is 8.60. The van der Waals surface area contributed by atoms with Crippen LogP contribution < -0.4 is 10.6 Å². The molecular formula is C19H29N3O2. The second-order valence-corrected chi connectivity index (χ2v) is 6.76. The van der Waals surface area contributed by atoms with E-state index in [9.17, 15) is 4.79 Å². The third kappa shape index (κ3) is 4.15. The Bertz CT molecular complexity index is 509. The van der Waals surface area contributed by atoms with Gasteiger partial charge in [0.15, 0.2) is 0 Å². The molecule has 2 N–H and O–H groups in total. The Morgan fingerprint density at radius 1 is 1.17 bits per heavy atom. The summed E-state index contributed by atoms with van der Waals surface area (Å²) < 4.78 is 5.51. The fourth-order valence-corrected chi connectivity index (χ4v) is 3.73. The van der Waals surface area contributed by atoms with Crippen LogP contribution in [0.4, 0.5) is 0 Å². The Morgan fingerprint density at radius 2 is 1.88 bits per heavy atom. The maximum Gasteiger partial charge on any atom is 0.230 e. The summed E-state index contributed by atoms with van der Waals surface area (Å²) in [6, 6.07) is 10.2. The van der Waals surface area contributed by atoms with Crippen molar-refractivity contribution >= 4 is 5.91 Å². The molecule has 0 aliphatic carbocycles. The molecular weight excluding hydrogens is 302 g/mol. The van der Waals surface area contributed by atoms with E-state index < -0.39 is 5.41 Å². The molecule has 0 aromatic heterocycles. The molecule has 0 saturated carbocycles. The van der Waals surface area contributed by atoms with Gasteiger partial charge in [0.25, 0.3) is 0 Å². The van der Waals surface area contributed by atoms with Gasteiger partial charge in [-0.3, -0.25) is 4.79 Å². The molecule has 2 aliphatic rings. The number of benzene rings is 1. The zero-order chi connectivity index (χ0) is 16.7. The molecule has 0 bridgehead atoms. The van der Waals surface area contributed by atoms with Crippen molar-refractivity contribution < 1.29 is 9.53 Å². The van der Waals surface area contributed by atoms with Gasteiger partial charge in [-0.1, -0.05) is 30.3 Å². The van der Waals surface area contributed by atoms with Crippen molar-refractivity contribution in [1.29, 1.82) is 0 Å². The maximum atomic E-state index is 13.0. The van der Waals surface area contributed by atoms with Gasteiger partial charge in [0.2, 0.25) is 5.91 Å². The van der Waals surface area contributed by atoms with Crippen LogP contribution >= 0.6 is 0 Å². The highest BCUT2D eigenvalue weighted by molar-refractivity contribution is 5.88. The summed E-state index contributed by atoms with van der Waals surface area (Å²) in [5.74, 6) is 0.164. The lowest BCUT2D eigenvalue weighted by atomic mass is 9.73. The van der Waals surface area contributed by atoms with Crippen LogP contribution in [0.1, 0.15) is 24.8 Å². The molecule has 2 aliphatic heterocycles. The number of nitrogens with one attached hydrogen (secondary N) is 2. The summed E-state index contributed by atoms with van der Waals surface area (Å²) in [7, 11) is 0. The van der Waals surface area contributed by atoms with Gasteiger partial charge in [0, 0.05) is 45.9 Å². The molecule has 2 fully saturated rings. The molecule has 2 saturated heterocycles. The summed E-state index contributed by atoms with van der Waals surface area (Å²) >= 11 is 0. The molecule has 132 valence electrons. The minimum Gasteiger partial charge on any atom is -0.381 e. The van der Waals surface area contributed by atoms with E-state index in [1.165, 1.54) is 0 Å². The monoisotopic (exact) mass is 331 g/mol. The number of carbonyl (C=O) groups is 1. The van der Waals surface area contributed by atoms with Gasteiger partial charge in [0.1, 0.15) is 0 Å². The van der Waals surface area contributed by atoms with Crippen LogP contribution in [-0.2, 0) is 14.9 Å². The Labute approximate surface area is 144 Å². The van der Waals surface area contributed by atoms with Crippen LogP contribution in [0.3, 0.4) is 0 Å². The van der Waals surface area contributed by atoms with Gasteiger partial charge in [-0.15, -0.1) is 0 Å². The summed E-state index contributed by atoms with van der Waals surface area (Å²) in [6.45, 7) is 7.49. The van der Waals surface area contributed by atoms with Crippen LogP contribution in [0.15, 0.2) is 30.3 Å². The predicted octanol–water partition coefficient (Wildman–Crippen LogP) is 1.15. The minimum atomic E-state index is -0.422. The van der Waals surface area contributed by atoms with Crippen molar-refractivity contribution in [2.45, 2.75) is 24.7 Å². The van der Waals surface area contributed by atoms with Crippen LogP contribution in [-0.4, -0.2) is 63.3 Å². The molecule has 1 aromatic carbocycles. The number of hydrogen-bond acceptors (Lipinski definition) is 4. The fraction of sp³-hybridized carbons (Fsp3) is 0.632. The quantitative estimate of drug-likeness (QED) is 0.768. The maximum absolute atomic E-state index is 13.0. The SMILES string of the molecule is O=C(NCCCN1CCNCC1)C1(c2ccccc2)CCOCC1. The second-order valence-electron chi connectivity index (χ2n) is 6.76. The van der Waals surface area contributed by atoms with Gasteiger partial charge in [-0.25, -0.2) is 0 Å². The zero-order valence-electron chi connectivity index (χ0n) is 14.4. The van der Waals surface area contributed by atoms with Crippen LogP contribution in [0.25, 0.3) is 0 Å². The predicted molar refractivity (Wildman–Crippen MR) is 95.1 cm³/mol. The molecule has 1 amide bonds. The van der Waals surface area contributed by atoms with Gasteiger partial charge in [0.05, 0.1) is 5.41 Å². The first-order valence-corrected chi connectivity index (χ1v) is 9.16. The lowest BCUT2D eigenvalue weighted by molar-refractivity contribution is -0.130. The Kier molecular flexibility index (Phi) is 6.24. The first-order valence-electron chi connectivity index (χ1n) is 9.16. The van der Waals surface area contributed by atoms with E-state index in [2.05, 4.69) is 27.7 Å². The van der Waals surface area contributed by atoms with E-state index in [1.807, 2.05) is 18.2 Å². The van der Waals surface area contributed by atoms with Gasteiger partial charge < -0.3 is 20.3 Å². The number of amides is 1. The molecule has 24 heavy (non-hydrogen) atoms. The molecule has 5 heteroatoms. The van der Waals surface area contributed by atoms with E-state index in [0.717, 1.165) is 64.1 Å². The van der Waals surface area contributed by atoms with Crippen LogP contribution in [0, 0.1) is 0 Å². The minimum absolute atomic E-state index is 0.164. The van der Waals surface area contributed by atoms with Crippen LogP contribution in [0.5, 0.6) is 0 Å². The number of rotatable bonds is 6. The number of carbonyl (C=O) groups excluding carboxylic acids is 1. The first kappa shape index (κ1) is 17.4. The zero-order valence-corrected chi connectivity index (χ0v) is 14.4. The Morgan fingerprint density at radius 3 is 2.58 bits per heavy atom. The molecule has 1 aromatic rings. The highest BCUT2D eigenvalue weighted by Gasteiger charge is 2.41. The van der Waals surface area contributed by atoms with Crippen molar-refractivity contribution in [2.24, 2.45) is 0 Å². The highest BCUT2D eigenvalue weighted by atomic mass is 16.5. The molecule has 0 spiro atoms. The molecule has 0 atom stereocenters. The summed E-state index contributed by atoms with van der Waals surface area (Å²) in [4.78, 5) is 15.4. The van der Waals surface area contributed by atoms with E-state index in [-0.39, 0.29) is 5.91 Å². The normalized spacial score (nSPS) is 21.3. The summed E-state index contributed by atoms with van der Waals surface area (Å²) in [6.07, 6.45) is 2.54. The molecule has 3 rings (SSSR count). The fourth-order valence-electron chi connectivity index (χ4n) is 3.73. The molecule has 0 unspecified atom stereocenters. The average Bonchev–Trinajstić information content (AvgIpc) is 2.67. The summed E-state index contributed by atoms with van der Waals surface area (Å²) in [5.41, 5.74) is 0.696. The van der Waals surface area contributed by atoms with Gasteiger partial charge in [-0.2, -0.15) is 0 Å². The van der Waals surface area contributed by atoms with E-state index in [4.69, 9.17) is 4.74 Å². The highest BCUT2D eigenvalue weighted by Crippen LogP contribution is 2.35. The largest absolute Gasteiger partial charge is 0.381 e. The number of nitrogens with zero attached hydrogens (tertiary/aromatic N) is 1. The number of hydrogen-bond donors (Lipinski definition) is 2. The van der Waals surface area contributed by atoms with Gasteiger partial charge in [-0.05, 0) is 31.4 Å². The standard InChI is InChI=1S/C19H29N3O2/c23-18(21-9-4-12-22-13-10-20-11-14-22)19(7-15-24-16-8-19)17-5-2-1-3-6-17/h1-3,5-6,20H,4,7-16H2,(H,21,23). The average molecular weight is 331 g/mol. The summed E-state index contributed by atoms with van der Waals surface area (Å²) in [5, 5.41) is 6.56. The van der Waals surface area contributed by atoms with E-state index in [1.54, 1.807) is 0 Å². The number of piperazine rings is 1. The Balaban J connectivity index is 1.54. The smallest absolute Gasteiger partial charge is 0.230 e. The first-order chi connectivity index (χ1) is 11.8. The van der Waals surface area contributed by atoms with Crippen molar-refractivity contribution in [1.82, 2.24) is 15.5 Å². The van der Waals surface area contributed by atoms with Crippen molar-refractivity contribution in [3.63, 3.8) is 0 Å². The lowest BCUT2D eigenvalue weighted by Gasteiger charge is -2.36. The van der Waals surface area contributed by atoms with Crippen molar-refractivity contribution in [2.75, 3.05) is 52.5 Å². The third-order valence-electron chi connectivity index (χ3n) is 5.25. The van der Waals surface area contributed by atoms with E-state index >= 15 is 0 Å². The van der Waals surface area contributed by atoms with Crippen molar-refractivity contribution in [3.8, 4) is 0 Å². The molecule has 0 radical (unpaired) electrons. The van der Waals surface area contributed by atoms with Crippen molar-refractivity contribution in [3.05, 3.63) is 35.9 Å². The van der Waals surface area contributed by atoms with Crippen LogP contribution in [0.2, 0.25) is 0 Å². The van der Waals surface area contributed by atoms with E-state index in [0.29, 0.717) is 13.2 Å². The lowest BCUT2D eigenvalue weighted by Crippen LogP contribution is -2.49. The third-order valence-corrected chi connectivity index (χ3v) is 5.25. The Hall–Kier alpha value is -1.43. The molecule has 5 nitrogen and oxygen atoms in total. The van der Waals surface area contributed by atoms with Gasteiger partial charge >= 0.3 is 0 Å². The topological polar surface area (TPSA) is 53.6 Å². The molecule has 2 heterocycles. The number of ether oxygens (including phenoxy) is 1.